The fourth-order valence-electron chi connectivity index (χ4n) is 2.71. The Morgan fingerprint density at radius 1 is 1.38 bits per heavy atom. The average molecular weight is 290 g/mol. The zero-order chi connectivity index (χ0) is 15.1. The molecule has 1 saturated heterocycles. The number of piperidine rings is 1. The highest BCUT2D eigenvalue weighted by Gasteiger charge is 2.16. The van der Waals surface area contributed by atoms with Gasteiger partial charge in [0.25, 0.3) is 0 Å². The lowest BCUT2D eigenvalue weighted by molar-refractivity contribution is -0.120. The van der Waals surface area contributed by atoms with Crippen LogP contribution in [0.2, 0.25) is 0 Å². The number of hydrogen-bond donors (Lipinski definition) is 1. The molecule has 0 spiro atoms. The Balaban J connectivity index is 1.82. The van der Waals surface area contributed by atoms with Gasteiger partial charge in [0, 0.05) is 12.2 Å². The van der Waals surface area contributed by atoms with Gasteiger partial charge in [0.15, 0.2) is 0 Å². The third-order valence-corrected chi connectivity index (χ3v) is 3.89. The summed E-state index contributed by atoms with van der Waals surface area (Å²) in [6.07, 6.45) is 2.85. The van der Waals surface area contributed by atoms with E-state index in [4.69, 9.17) is 4.74 Å². The third kappa shape index (κ3) is 4.83. The summed E-state index contributed by atoms with van der Waals surface area (Å²) in [4.78, 5) is 14.2. The molecule has 1 aromatic carbocycles. The predicted molar refractivity (Wildman–Crippen MR) is 85.7 cm³/mol. The van der Waals surface area contributed by atoms with E-state index in [0.29, 0.717) is 25.7 Å². The third-order valence-electron chi connectivity index (χ3n) is 3.89. The van der Waals surface area contributed by atoms with Crippen LogP contribution < -0.4 is 10.2 Å². The summed E-state index contributed by atoms with van der Waals surface area (Å²) in [7, 11) is 0. The first kappa shape index (κ1) is 16.0. The molecule has 2 rings (SSSR count). The quantitative estimate of drug-likeness (QED) is 0.875. The molecule has 1 aromatic rings. The van der Waals surface area contributed by atoms with Crippen LogP contribution in [0.5, 0.6) is 0 Å². The maximum absolute atomic E-state index is 12.4. The van der Waals surface area contributed by atoms with Crippen molar-refractivity contribution >= 4 is 11.6 Å². The number of carbonyl (C=O) groups is 1. The zero-order valence-electron chi connectivity index (χ0n) is 13.1. The first-order valence-electron chi connectivity index (χ1n) is 7.90. The number of amides is 1. The van der Waals surface area contributed by atoms with E-state index < -0.39 is 0 Å². The van der Waals surface area contributed by atoms with Crippen molar-refractivity contribution in [2.75, 3.05) is 31.1 Å². The maximum Gasteiger partial charge on any atom is 0.229 e. The summed E-state index contributed by atoms with van der Waals surface area (Å²) in [6.45, 7) is 7.30. The lowest BCUT2D eigenvalue weighted by Gasteiger charge is -2.24. The van der Waals surface area contributed by atoms with Gasteiger partial charge in [0.1, 0.15) is 0 Å². The number of aryl methyl sites for hydroxylation is 1. The number of hydrogen-bond acceptors (Lipinski definition) is 3. The topological polar surface area (TPSA) is 41.6 Å². The van der Waals surface area contributed by atoms with Crippen molar-refractivity contribution in [2.45, 2.75) is 39.2 Å². The molecule has 116 valence electrons. The summed E-state index contributed by atoms with van der Waals surface area (Å²) in [6, 6.07) is 8.07. The summed E-state index contributed by atoms with van der Waals surface area (Å²) in [5, 5.41) is 3.31. The van der Waals surface area contributed by atoms with Crippen molar-refractivity contribution < 1.29 is 9.53 Å². The zero-order valence-corrected chi connectivity index (χ0v) is 13.1. The van der Waals surface area contributed by atoms with E-state index in [1.165, 1.54) is 5.56 Å². The van der Waals surface area contributed by atoms with Crippen LogP contribution in [0.25, 0.3) is 0 Å². The van der Waals surface area contributed by atoms with Crippen LogP contribution in [0.4, 0.5) is 5.69 Å². The number of rotatable bonds is 6. The normalized spacial score (nSPS) is 15.9. The Labute approximate surface area is 127 Å². The van der Waals surface area contributed by atoms with Gasteiger partial charge in [0.2, 0.25) is 5.91 Å². The van der Waals surface area contributed by atoms with Crippen molar-refractivity contribution in [3.8, 4) is 0 Å². The molecule has 21 heavy (non-hydrogen) atoms. The molecule has 0 bridgehead atoms. The Bertz CT molecular complexity index is 456. The van der Waals surface area contributed by atoms with Gasteiger partial charge < -0.3 is 15.0 Å². The fourth-order valence-corrected chi connectivity index (χ4v) is 2.71. The predicted octanol–water partition coefficient (Wildman–Crippen LogP) is 2.51. The van der Waals surface area contributed by atoms with Crippen molar-refractivity contribution in [1.82, 2.24) is 5.32 Å². The molecule has 0 saturated carbocycles. The van der Waals surface area contributed by atoms with Gasteiger partial charge in [0.05, 0.1) is 19.1 Å². The molecule has 0 aliphatic carbocycles. The highest BCUT2D eigenvalue weighted by molar-refractivity contribution is 5.93. The summed E-state index contributed by atoms with van der Waals surface area (Å²) < 4.78 is 5.82. The van der Waals surface area contributed by atoms with Gasteiger partial charge >= 0.3 is 0 Å². The fraction of sp³-hybridized carbons (Fsp3) is 0.588. The second-order valence-corrected chi connectivity index (χ2v) is 5.55. The molecule has 1 heterocycles. The van der Waals surface area contributed by atoms with Gasteiger partial charge in [-0.05, 0) is 57.5 Å². The van der Waals surface area contributed by atoms with Crippen LogP contribution in [-0.4, -0.2) is 38.3 Å². The van der Waals surface area contributed by atoms with Crippen LogP contribution in [0, 0.1) is 6.92 Å². The number of benzene rings is 1. The highest BCUT2D eigenvalue weighted by Crippen LogP contribution is 2.17. The smallest absolute Gasteiger partial charge is 0.229 e. The molecule has 1 aliphatic heterocycles. The Morgan fingerprint density at radius 2 is 2.14 bits per heavy atom. The van der Waals surface area contributed by atoms with Gasteiger partial charge in [-0.3, -0.25) is 4.79 Å². The van der Waals surface area contributed by atoms with Crippen LogP contribution in [0.3, 0.4) is 0 Å². The lowest BCUT2D eigenvalue weighted by atomic mass is 10.1. The van der Waals surface area contributed by atoms with E-state index in [0.717, 1.165) is 31.6 Å². The van der Waals surface area contributed by atoms with E-state index in [1.807, 2.05) is 36.9 Å². The van der Waals surface area contributed by atoms with Crippen molar-refractivity contribution in [3.63, 3.8) is 0 Å². The lowest BCUT2D eigenvalue weighted by Crippen LogP contribution is -2.34. The van der Waals surface area contributed by atoms with Gasteiger partial charge in [-0.15, -0.1) is 0 Å². The van der Waals surface area contributed by atoms with Gasteiger partial charge in [-0.2, -0.15) is 0 Å². The molecule has 0 atom stereocenters. The molecular weight excluding hydrogens is 264 g/mol. The monoisotopic (exact) mass is 290 g/mol. The minimum atomic E-state index is 0.136. The van der Waals surface area contributed by atoms with Crippen LogP contribution in [0.1, 0.15) is 31.7 Å². The molecule has 1 fully saturated rings. The highest BCUT2D eigenvalue weighted by atomic mass is 16.5. The molecule has 1 amide bonds. The van der Waals surface area contributed by atoms with Crippen LogP contribution in [-0.2, 0) is 9.53 Å². The molecule has 1 N–H and O–H groups in total. The van der Waals surface area contributed by atoms with E-state index >= 15 is 0 Å². The van der Waals surface area contributed by atoms with Crippen LogP contribution in [0.15, 0.2) is 24.3 Å². The number of anilines is 1. The molecular formula is C17H26N2O2. The Morgan fingerprint density at radius 3 is 2.81 bits per heavy atom. The second kappa shape index (κ2) is 8.15. The number of nitrogens with zero attached hydrogens (tertiary/aromatic N) is 1. The van der Waals surface area contributed by atoms with Gasteiger partial charge in [-0.1, -0.05) is 12.1 Å². The van der Waals surface area contributed by atoms with Crippen molar-refractivity contribution in [3.05, 3.63) is 29.8 Å². The molecule has 0 aromatic heterocycles. The molecule has 0 radical (unpaired) electrons. The van der Waals surface area contributed by atoms with Crippen molar-refractivity contribution in [2.24, 2.45) is 0 Å². The second-order valence-electron chi connectivity index (χ2n) is 5.55. The SMILES string of the molecule is CCN(C(=O)CCOC1CCNCC1)c1cccc(C)c1. The van der Waals surface area contributed by atoms with E-state index in [-0.39, 0.29) is 5.91 Å². The summed E-state index contributed by atoms with van der Waals surface area (Å²) in [5.41, 5.74) is 2.15. The van der Waals surface area contributed by atoms with E-state index in [9.17, 15) is 4.79 Å². The first-order valence-corrected chi connectivity index (χ1v) is 7.90. The molecule has 1 aliphatic rings. The van der Waals surface area contributed by atoms with Crippen LogP contribution >= 0.6 is 0 Å². The van der Waals surface area contributed by atoms with Gasteiger partial charge in [-0.25, -0.2) is 0 Å². The number of carbonyl (C=O) groups excluding carboxylic acids is 1. The first-order chi connectivity index (χ1) is 10.2. The molecule has 4 heteroatoms. The number of ether oxygens (including phenoxy) is 1. The van der Waals surface area contributed by atoms with E-state index in [1.54, 1.807) is 0 Å². The summed E-state index contributed by atoms with van der Waals surface area (Å²) in [5.74, 6) is 0.136. The molecule has 0 unspecified atom stereocenters. The maximum atomic E-state index is 12.4. The Hall–Kier alpha value is -1.39. The van der Waals surface area contributed by atoms with E-state index in [2.05, 4.69) is 11.4 Å². The standard InChI is InChI=1S/C17H26N2O2/c1-3-19(15-6-4-5-14(2)13-15)17(20)9-12-21-16-7-10-18-11-8-16/h4-6,13,16,18H,3,7-12H2,1-2H3. The largest absolute Gasteiger partial charge is 0.378 e. The Kier molecular flexibility index (Phi) is 6.21. The number of nitrogens with one attached hydrogen (secondary N) is 1. The minimum absolute atomic E-state index is 0.136. The summed E-state index contributed by atoms with van der Waals surface area (Å²) >= 11 is 0. The average Bonchev–Trinajstić information content (AvgIpc) is 2.49. The van der Waals surface area contributed by atoms with Crippen molar-refractivity contribution in [1.29, 1.82) is 0 Å². The minimum Gasteiger partial charge on any atom is -0.378 e. The molecule has 4 nitrogen and oxygen atoms in total.